The highest BCUT2D eigenvalue weighted by Crippen LogP contribution is 2.34. The molecule has 100 valence electrons. The normalized spacial score (nSPS) is 30.3. The first-order valence-corrected chi connectivity index (χ1v) is 7.11. The molecule has 3 unspecified atom stereocenters. The van der Waals surface area contributed by atoms with Gasteiger partial charge in [0.2, 0.25) is 0 Å². The molecule has 1 aliphatic rings. The monoisotopic (exact) mass is 246 g/mol. The smallest absolute Gasteiger partial charge is 0.0417 e. The third-order valence-corrected chi connectivity index (χ3v) is 4.33. The average molecular weight is 246 g/mol. The number of benzene rings is 1. The number of rotatable bonds is 2. The van der Waals surface area contributed by atoms with Crippen LogP contribution in [-0.4, -0.2) is 12.6 Å². The Kier molecular flexibility index (Phi) is 3.96. The van der Waals surface area contributed by atoms with Gasteiger partial charge in [-0.05, 0) is 43.7 Å². The van der Waals surface area contributed by atoms with E-state index in [2.05, 4.69) is 56.9 Å². The summed E-state index contributed by atoms with van der Waals surface area (Å²) in [5.74, 6) is 1.51. The largest absolute Gasteiger partial charge is 0.368 e. The molecule has 0 aromatic heterocycles. The second-order valence-corrected chi connectivity index (χ2v) is 6.06. The number of anilines is 1. The summed E-state index contributed by atoms with van der Waals surface area (Å²) in [6.07, 6.45) is 1.33. The number of nitrogens with zero attached hydrogens (tertiary/aromatic N) is 1. The zero-order valence-electron chi connectivity index (χ0n) is 12.1. The van der Waals surface area contributed by atoms with Crippen LogP contribution in [-0.2, 0) is 0 Å². The molecule has 1 aromatic carbocycles. The second-order valence-electron chi connectivity index (χ2n) is 6.06. The lowest BCUT2D eigenvalue weighted by atomic mass is 9.85. The predicted molar refractivity (Wildman–Crippen MR) is 78.8 cm³/mol. The van der Waals surface area contributed by atoms with E-state index in [9.17, 15) is 0 Å². The lowest BCUT2D eigenvalue weighted by Crippen LogP contribution is -2.46. The van der Waals surface area contributed by atoms with Gasteiger partial charge >= 0.3 is 0 Å². The third-order valence-electron chi connectivity index (χ3n) is 4.33. The maximum Gasteiger partial charge on any atom is 0.0417 e. The molecular formula is C16H26N2. The van der Waals surface area contributed by atoms with E-state index in [0.717, 1.165) is 18.4 Å². The molecule has 2 rings (SSSR count). The summed E-state index contributed by atoms with van der Waals surface area (Å²) in [5.41, 5.74) is 8.71. The van der Waals surface area contributed by atoms with Crippen molar-refractivity contribution in [1.29, 1.82) is 0 Å². The predicted octanol–water partition coefficient (Wildman–Crippen LogP) is 3.58. The topological polar surface area (TPSA) is 29.3 Å². The molecule has 1 aromatic rings. The first kappa shape index (κ1) is 13.4. The fourth-order valence-corrected chi connectivity index (χ4v) is 3.17. The molecular weight excluding hydrogens is 220 g/mol. The van der Waals surface area contributed by atoms with Crippen LogP contribution in [0.2, 0.25) is 0 Å². The minimum absolute atomic E-state index is 0.0981. The SMILES string of the molecule is CC1CC(C)C(C)N(c2ccccc2[C@@H](C)N)C1. The van der Waals surface area contributed by atoms with Crippen molar-refractivity contribution in [1.82, 2.24) is 0 Å². The molecule has 0 spiro atoms. The zero-order chi connectivity index (χ0) is 13.3. The summed E-state index contributed by atoms with van der Waals surface area (Å²) >= 11 is 0. The van der Waals surface area contributed by atoms with Gasteiger partial charge in [0.05, 0.1) is 0 Å². The Bertz CT molecular complexity index is 400. The van der Waals surface area contributed by atoms with Gasteiger partial charge in [-0.3, -0.25) is 0 Å². The molecule has 1 saturated heterocycles. The van der Waals surface area contributed by atoms with Gasteiger partial charge in [0.1, 0.15) is 0 Å². The Morgan fingerprint density at radius 3 is 2.56 bits per heavy atom. The molecule has 2 nitrogen and oxygen atoms in total. The minimum Gasteiger partial charge on any atom is -0.368 e. The van der Waals surface area contributed by atoms with Gasteiger partial charge in [0.15, 0.2) is 0 Å². The highest BCUT2D eigenvalue weighted by atomic mass is 15.2. The van der Waals surface area contributed by atoms with Crippen LogP contribution in [0.4, 0.5) is 5.69 Å². The first-order valence-electron chi connectivity index (χ1n) is 7.11. The van der Waals surface area contributed by atoms with Crippen molar-refractivity contribution < 1.29 is 0 Å². The number of nitrogens with two attached hydrogens (primary N) is 1. The van der Waals surface area contributed by atoms with Crippen LogP contribution >= 0.6 is 0 Å². The molecule has 0 radical (unpaired) electrons. The zero-order valence-corrected chi connectivity index (χ0v) is 12.1. The lowest BCUT2D eigenvalue weighted by Gasteiger charge is -2.43. The van der Waals surface area contributed by atoms with Gasteiger partial charge in [-0.2, -0.15) is 0 Å². The van der Waals surface area contributed by atoms with Crippen molar-refractivity contribution in [3.8, 4) is 0 Å². The fourth-order valence-electron chi connectivity index (χ4n) is 3.17. The first-order chi connectivity index (χ1) is 8.50. The summed E-state index contributed by atoms with van der Waals surface area (Å²) in [7, 11) is 0. The molecule has 2 N–H and O–H groups in total. The lowest BCUT2D eigenvalue weighted by molar-refractivity contribution is 0.296. The summed E-state index contributed by atoms with van der Waals surface area (Å²) in [6, 6.07) is 9.29. The fraction of sp³-hybridized carbons (Fsp3) is 0.625. The maximum atomic E-state index is 6.11. The standard InChI is InChI=1S/C16H26N2/c1-11-9-12(2)14(4)18(10-11)16-8-6-5-7-15(16)13(3)17/h5-8,11-14H,9-10,17H2,1-4H3/t11?,12?,13-,14?/m1/s1. The van der Waals surface area contributed by atoms with Crippen molar-refractivity contribution in [3.63, 3.8) is 0 Å². The average Bonchev–Trinajstić information content (AvgIpc) is 2.33. The van der Waals surface area contributed by atoms with Crippen molar-refractivity contribution in [3.05, 3.63) is 29.8 Å². The van der Waals surface area contributed by atoms with E-state index in [1.54, 1.807) is 0 Å². The summed E-state index contributed by atoms with van der Waals surface area (Å²) in [5, 5.41) is 0. The Morgan fingerprint density at radius 2 is 1.89 bits per heavy atom. The van der Waals surface area contributed by atoms with Gasteiger partial charge in [-0.15, -0.1) is 0 Å². The number of hydrogen-bond acceptors (Lipinski definition) is 2. The van der Waals surface area contributed by atoms with Crippen LogP contribution in [0.25, 0.3) is 0 Å². The van der Waals surface area contributed by atoms with E-state index in [1.807, 2.05) is 0 Å². The minimum atomic E-state index is 0.0981. The number of hydrogen-bond donors (Lipinski definition) is 1. The summed E-state index contributed by atoms with van der Waals surface area (Å²) in [6.45, 7) is 10.3. The molecule has 0 saturated carbocycles. The Morgan fingerprint density at radius 1 is 1.22 bits per heavy atom. The Balaban J connectivity index is 2.35. The molecule has 1 fully saturated rings. The van der Waals surface area contributed by atoms with Crippen LogP contribution in [0.1, 0.15) is 45.7 Å². The van der Waals surface area contributed by atoms with E-state index < -0.39 is 0 Å². The van der Waals surface area contributed by atoms with E-state index in [-0.39, 0.29) is 6.04 Å². The van der Waals surface area contributed by atoms with Gasteiger partial charge in [0, 0.05) is 24.3 Å². The maximum absolute atomic E-state index is 6.11. The highest BCUT2D eigenvalue weighted by Gasteiger charge is 2.30. The van der Waals surface area contributed by atoms with Gasteiger partial charge in [-0.1, -0.05) is 32.0 Å². The van der Waals surface area contributed by atoms with E-state index in [0.29, 0.717) is 6.04 Å². The molecule has 0 amide bonds. The van der Waals surface area contributed by atoms with Crippen LogP contribution in [0.15, 0.2) is 24.3 Å². The van der Waals surface area contributed by atoms with E-state index >= 15 is 0 Å². The van der Waals surface area contributed by atoms with Crippen molar-refractivity contribution in [2.45, 2.75) is 46.2 Å². The van der Waals surface area contributed by atoms with Crippen molar-refractivity contribution >= 4 is 5.69 Å². The van der Waals surface area contributed by atoms with Gasteiger partial charge in [-0.25, -0.2) is 0 Å². The van der Waals surface area contributed by atoms with Crippen LogP contribution in [0.3, 0.4) is 0 Å². The third kappa shape index (κ3) is 2.54. The molecule has 1 heterocycles. The summed E-state index contributed by atoms with van der Waals surface area (Å²) < 4.78 is 0. The Labute approximate surface area is 111 Å². The quantitative estimate of drug-likeness (QED) is 0.864. The highest BCUT2D eigenvalue weighted by molar-refractivity contribution is 5.56. The second kappa shape index (κ2) is 5.31. The van der Waals surface area contributed by atoms with Crippen molar-refractivity contribution in [2.24, 2.45) is 17.6 Å². The van der Waals surface area contributed by atoms with Gasteiger partial charge in [0.25, 0.3) is 0 Å². The summed E-state index contributed by atoms with van der Waals surface area (Å²) in [4.78, 5) is 2.55. The van der Waals surface area contributed by atoms with Crippen molar-refractivity contribution in [2.75, 3.05) is 11.4 Å². The molecule has 0 aliphatic carbocycles. The number of piperidine rings is 1. The van der Waals surface area contributed by atoms with Crippen LogP contribution in [0.5, 0.6) is 0 Å². The van der Waals surface area contributed by atoms with Crippen LogP contribution < -0.4 is 10.6 Å². The van der Waals surface area contributed by atoms with Crippen LogP contribution in [0, 0.1) is 11.8 Å². The van der Waals surface area contributed by atoms with E-state index in [4.69, 9.17) is 5.73 Å². The van der Waals surface area contributed by atoms with Gasteiger partial charge < -0.3 is 10.6 Å². The molecule has 18 heavy (non-hydrogen) atoms. The molecule has 4 atom stereocenters. The molecule has 0 bridgehead atoms. The molecule has 1 aliphatic heterocycles. The Hall–Kier alpha value is -1.02. The van der Waals surface area contributed by atoms with E-state index in [1.165, 1.54) is 17.7 Å². The molecule has 2 heteroatoms. The number of para-hydroxylation sites is 1.